The highest BCUT2D eigenvalue weighted by Crippen LogP contribution is 2.65. The van der Waals surface area contributed by atoms with Crippen LogP contribution >= 0.6 is 0 Å². The zero-order chi connectivity index (χ0) is 35.3. The van der Waals surface area contributed by atoms with Gasteiger partial charge in [0, 0.05) is 45.8 Å². The summed E-state index contributed by atoms with van der Waals surface area (Å²) >= 11 is 0. The van der Waals surface area contributed by atoms with Crippen molar-refractivity contribution in [2.24, 2.45) is 11.8 Å². The second kappa shape index (κ2) is 15.6. The van der Waals surface area contributed by atoms with Crippen molar-refractivity contribution in [3.8, 4) is 0 Å². The first-order chi connectivity index (χ1) is 24.3. The zero-order valence-electron chi connectivity index (χ0n) is 29.3. The molecule has 4 heterocycles. The highest BCUT2D eigenvalue weighted by atomic mass is 16.5. The van der Waals surface area contributed by atoms with Crippen molar-refractivity contribution in [2.45, 2.75) is 62.4 Å². The molecule has 0 aromatic heterocycles. The van der Waals surface area contributed by atoms with E-state index in [4.69, 9.17) is 9.47 Å². The summed E-state index contributed by atoms with van der Waals surface area (Å²) in [6, 6.07) is 17.8. The molecule has 10 nitrogen and oxygen atoms in total. The third kappa shape index (κ3) is 6.66. The molecule has 50 heavy (non-hydrogen) atoms. The van der Waals surface area contributed by atoms with Gasteiger partial charge in [-0.25, -0.2) is 0 Å². The van der Waals surface area contributed by atoms with E-state index in [1.54, 1.807) is 26.9 Å². The Bertz CT molecular complexity index is 1520. The standard InChI is InChI=1S/C40H52N4O6/c1-4-19-42(22-21-41-23-25-49-26-24-41)38(48)35-40-18-17-39(6-3,50-40)33(36(46)43(20-5-2)28-31-15-11-8-12-16-31)34(40)37(47)44(35)32(29-45)27-30-13-9-7-10-14-30/h4-5,7-16,32-35,45H,1-2,6,17-29H2,3H3/t32-,33+,34+,35?,39-,40?/m1/s1. The van der Waals surface area contributed by atoms with Gasteiger partial charge in [-0.15, -0.1) is 13.2 Å². The molecule has 4 fully saturated rings. The van der Waals surface area contributed by atoms with Crippen molar-refractivity contribution in [3.63, 3.8) is 0 Å². The Labute approximate surface area is 296 Å². The molecule has 2 aromatic rings. The van der Waals surface area contributed by atoms with Crippen molar-refractivity contribution < 1.29 is 29.0 Å². The lowest BCUT2D eigenvalue weighted by Gasteiger charge is -2.40. The van der Waals surface area contributed by atoms with Gasteiger partial charge >= 0.3 is 0 Å². The zero-order valence-corrected chi connectivity index (χ0v) is 29.3. The maximum atomic E-state index is 15.1. The van der Waals surface area contributed by atoms with Gasteiger partial charge in [-0.2, -0.15) is 0 Å². The molecule has 1 spiro atoms. The van der Waals surface area contributed by atoms with Gasteiger partial charge in [0.25, 0.3) is 0 Å². The SMILES string of the molecule is C=CCN(CCN1CCOCC1)C(=O)C1N([C@@H](CO)Cc2ccccc2)C(=O)[C@@H]2[C@@H](C(=O)N(CC=C)Cc3ccccc3)[C@@]3(CC)CCC12O3. The van der Waals surface area contributed by atoms with Gasteiger partial charge in [0.1, 0.15) is 11.6 Å². The number of carbonyl (C=O) groups excluding carboxylic acids is 3. The maximum Gasteiger partial charge on any atom is 0.248 e. The van der Waals surface area contributed by atoms with Crippen LogP contribution in [0.4, 0.5) is 0 Å². The average molecular weight is 685 g/mol. The van der Waals surface area contributed by atoms with Crippen LogP contribution in [0.1, 0.15) is 37.3 Å². The quantitative estimate of drug-likeness (QED) is 0.271. The van der Waals surface area contributed by atoms with Crippen LogP contribution in [0.2, 0.25) is 0 Å². The molecule has 4 saturated heterocycles. The lowest BCUT2D eigenvalue weighted by atomic mass is 9.64. The van der Waals surface area contributed by atoms with Crippen LogP contribution in [-0.2, 0) is 36.8 Å². The van der Waals surface area contributed by atoms with Gasteiger partial charge in [0.15, 0.2) is 0 Å². The van der Waals surface area contributed by atoms with Gasteiger partial charge in [-0.3, -0.25) is 19.3 Å². The summed E-state index contributed by atoms with van der Waals surface area (Å²) in [5.74, 6) is -2.34. The molecule has 268 valence electrons. The summed E-state index contributed by atoms with van der Waals surface area (Å²) in [6.07, 6.45) is 5.35. The molecule has 1 N–H and O–H groups in total. The van der Waals surface area contributed by atoms with Gasteiger partial charge in [0.2, 0.25) is 17.7 Å². The van der Waals surface area contributed by atoms with Crippen LogP contribution in [0, 0.1) is 11.8 Å². The van der Waals surface area contributed by atoms with E-state index in [9.17, 15) is 9.90 Å². The van der Waals surface area contributed by atoms with Crippen LogP contribution in [0.15, 0.2) is 86.0 Å². The minimum absolute atomic E-state index is 0.164. The van der Waals surface area contributed by atoms with Crippen molar-refractivity contribution in [3.05, 3.63) is 97.1 Å². The number of hydrogen-bond donors (Lipinski definition) is 1. The van der Waals surface area contributed by atoms with Crippen LogP contribution in [0.25, 0.3) is 0 Å². The number of benzene rings is 2. The Morgan fingerprint density at radius 1 is 0.960 bits per heavy atom. The first kappa shape index (κ1) is 36.0. The van der Waals surface area contributed by atoms with E-state index in [1.807, 2.05) is 67.6 Å². The number of aliphatic hydroxyl groups excluding tert-OH is 1. The summed E-state index contributed by atoms with van der Waals surface area (Å²) in [5, 5.41) is 10.9. The van der Waals surface area contributed by atoms with E-state index < -0.39 is 35.1 Å². The van der Waals surface area contributed by atoms with E-state index in [2.05, 4.69) is 18.1 Å². The number of carbonyl (C=O) groups is 3. The number of likely N-dealkylation sites (tertiary alicyclic amines) is 1. The highest BCUT2D eigenvalue weighted by molar-refractivity contribution is 5.99. The normalized spacial score (nSPS) is 27.9. The van der Waals surface area contributed by atoms with E-state index in [-0.39, 0.29) is 24.3 Å². The van der Waals surface area contributed by atoms with Crippen molar-refractivity contribution in [2.75, 3.05) is 59.1 Å². The average Bonchev–Trinajstić information content (AvgIpc) is 3.76. The van der Waals surface area contributed by atoms with Gasteiger partial charge < -0.3 is 29.3 Å². The number of nitrogens with zero attached hydrogens (tertiary/aromatic N) is 4. The van der Waals surface area contributed by atoms with Gasteiger partial charge in [-0.05, 0) is 36.8 Å². The molecular formula is C40H52N4O6. The summed E-state index contributed by atoms with van der Waals surface area (Å²) in [6.45, 7) is 14.5. The number of amides is 3. The van der Waals surface area contributed by atoms with Crippen molar-refractivity contribution >= 4 is 17.7 Å². The first-order valence-corrected chi connectivity index (χ1v) is 18.1. The predicted molar refractivity (Wildman–Crippen MR) is 191 cm³/mol. The number of morpholine rings is 1. The summed E-state index contributed by atoms with van der Waals surface area (Å²) in [7, 11) is 0. The molecule has 0 saturated carbocycles. The first-order valence-electron chi connectivity index (χ1n) is 18.1. The van der Waals surface area contributed by atoms with Gasteiger partial charge in [-0.1, -0.05) is 79.7 Å². The van der Waals surface area contributed by atoms with Crippen LogP contribution in [0.3, 0.4) is 0 Å². The fourth-order valence-electron chi connectivity index (χ4n) is 8.94. The lowest BCUT2D eigenvalue weighted by molar-refractivity contribution is -0.158. The Hall–Kier alpha value is -3.83. The van der Waals surface area contributed by atoms with E-state index in [0.717, 1.165) is 24.2 Å². The Kier molecular flexibility index (Phi) is 11.2. The smallest absolute Gasteiger partial charge is 0.248 e. The molecule has 4 aliphatic heterocycles. The molecule has 2 bridgehead atoms. The minimum atomic E-state index is -1.21. The topological polar surface area (TPSA) is 103 Å². The Morgan fingerprint density at radius 3 is 2.22 bits per heavy atom. The Morgan fingerprint density at radius 2 is 1.60 bits per heavy atom. The molecule has 2 unspecified atom stereocenters. The van der Waals surface area contributed by atoms with Gasteiger partial charge in [0.05, 0.1) is 43.3 Å². The second-order valence-corrected chi connectivity index (χ2v) is 14.1. The summed E-state index contributed by atoms with van der Waals surface area (Å²) in [4.78, 5) is 52.4. The fourth-order valence-corrected chi connectivity index (χ4v) is 8.94. The fraction of sp³-hybridized carbons (Fsp3) is 0.525. The molecule has 0 aliphatic carbocycles. The highest BCUT2D eigenvalue weighted by Gasteiger charge is 2.79. The lowest BCUT2D eigenvalue weighted by Crippen LogP contribution is -2.60. The van der Waals surface area contributed by atoms with Crippen LogP contribution in [-0.4, -0.2) is 125 Å². The molecule has 6 rings (SSSR count). The van der Waals surface area contributed by atoms with E-state index >= 15 is 9.59 Å². The maximum absolute atomic E-state index is 15.1. The van der Waals surface area contributed by atoms with Crippen LogP contribution < -0.4 is 0 Å². The number of rotatable bonds is 16. The molecule has 4 aliphatic rings. The molecule has 3 amide bonds. The molecule has 2 aromatic carbocycles. The third-order valence-electron chi connectivity index (χ3n) is 11.4. The predicted octanol–water partition coefficient (Wildman–Crippen LogP) is 3.31. The monoisotopic (exact) mass is 684 g/mol. The molecule has 6 atom stereocenters. The molecular weight excluding hydrogens is 632 g/mol. The number of hydrogen-bond acceptors (Lipinski definition) is 7. The van der Waals surface area contributed by atoms with Crippen molar-refractivity contribution in [1.82, 2.24) is 19.6 Å². The number of ether oxygens (including phenoxy) is 2. The van der Waals surface area contributed by atoms with E-state index in [1.165, 1.54) is 0 Å². The summed E-state index contributed by atoms with van der Waals surface area (Å²) in [5.41, 5.74) is -0.176. The largest absolute Gasteiger partial charge is 0.394 e. The Balaban J connectivity index is 1.40. The van der Waals surface area contributed by atoms with Crippen LogP contribution in [0.5, 0.6) is 0 Å². The van der Waals surface area contributed by atoms with Crippen molar-refractivity contribution in [1.29, 1.82) is 0 Å². The molecule has 0 radical (unpaired) electrons. The number of fused-ring (bicyclic) bond motifs is 1. The molecule has 10 heteroatoms. The summed E-state index contributed by atoms with van der Waals surface area (Å²) < 4.78 is 12.6. The van der Waals surface area contributed by atoms with E-state index in [0.29, 0.717) is 71.6 Å². The second-order valence-electron chi connectivity index (χ2n) is 14.1. The third-order valence-corrected chi connectivity index (χ3v) is 11.4. The number of aliphatic hydroxyl groups is 1. The minimum Gasteiger partial charge on any atom is -0.394 e.